The number of carbonyl (C=O) groups is 3. The largest absolute Gasteiger partial charge is 0.497 e. The predicted molar refractivity (Wildman–Crippen MR) is 175 cm³/mol. The summed E-state index contributed by atoms with van der Waals surface area (Å²) in [5.41, 5.74) is 1.49. The van der Waals surface area contributed by atoms with Crippen LogP contribution in [0.15, 0.2) is 106 Å². The molecule has 0 bridgehead atoms. The second-order valence-corrected chi connectivity index (χ2v) is 11.7. The molecule has 1 unspecified atom stereocenters. The zero-order valence-electron chi connectivity index (χ0n) is 24.0. The number of hydrogen-bond donors (Lipinski definition) is 3. The fourth-order valence-electron chi connectivity index (χ4n) is 3.93. The van der Waals surface area contributed by atoms with Gasteiger partial charge in [0.25, 0.3) is 11.8 Å². The minimum absolute atomic E-state index is 0.00811. The molecule has 0 heterocycles. The SMILES string of the molecule is COc1ccc(/C=C(\NC(=O)c2ccccc2)C(=O)Nc2ccc(SC(C)C(=O)Nc3ccc(Br)cc3F)cc2)c(OC)c1. The van der Waals surface area contributed by atoms with Crippen LogP contribution in [-0.2, 0) is 9.59 Å². The Morgan fingerprint density at radius 3 is 2.27 bits per heavy atom. The topological polar surface area (TPSA) is 106 Å². The van der Waals surface area contributed by atoms with E-state index in [1.54, 1.807) is 85.8 Å². The lowest BCUT2D eigenvalue weighted by Crippen LogP contribution is -2.30. The number of methoxy groups -OCH3 is 2. The first-order chi connectivity index (χ1) is 21.2. The molecule has 44 heavy (non-hydrogen) atoms. The van der Waals surface area contributed by atoms with Crippen molar-refractivity contribution < 1.29 is 28.2 Å². The van der Waals surface area contributed by atoms with Crippen LogP contribution >= 0.6 is 27.7 Å². The van der Waals surface area contributed by atoms with Crippen molar-refractivity contribution in [2.45, 2.75) is 17.1 Å². The minimum Gasteiger partial charge on any atom is -0.497 e. The van der Waals surface area contributed by atoms with Gasteiger partial charge in [-0.3, -0.25) is 14.4 Å². The molecule has 4 aromatic rings. The average Bonchev–Trinajstić information content (AvgIpc) is 3.03. The van der Waals surface area contributed by atoms with Gasteiger partial charge in [0.15, 0.2) is 0 Å². The number of amides is 3. The van der Waals surface area contributed by atoms with E-state index in [2.05, 4.69) is 31.9 Å². The summed E-state index contributed by atoms with van der Waals surface area (Å²) in [6, 6.07) is 24.9. The van der Waals surface area contributed by atoms with E-state index in [0.717, 1.165) is 4.90 Å². The highest BCUT2D eigenvalue weighted by Gasteiger charge is 2.18. The minimum atomic E-state index is -0.558. The Kier molecular flexibility index (Phi) is 11.2. The molecule has 0 saturated carbocycles. The molecule has 3 N–H and O–H groups in total. The summed E-state index contributed by atoms with van der Waals surface area (Å²) in [7, 11) is 3.03. The molecule has 0 aliphatic carbocycles. The molecule has 0 spiro atoms. The first kappa shape index (κ1) is 32.3. The second-order valence-electron chi connectivity index (χ2n) is 9.34. The maximum atomic E-state index is 14.1. The lowest BCUT2D eigenvalue weighted by Gasteiger charge is -2.14. The quantitative estimate of drug-likeness (QED) is 0.115. The van der Waals surface area contributed by atoms with Gasteiger partial charge in [-0.2, -0.15) is 0 Å². The third kappa shape index (κ3) is 8.71. The molecule has 0 fully saturated rings. The van der Waals surface area contributed by atoms with Crippen LogP contribution in [0, 0.1) is 5.82 Å². The van der Waals surface area contributed by atoms with Crippen LogP contribution in [0.25, 0.3) is 6.08 Å². The van der Waals surface area contributed by atoms with Gasteiger partial charge in [0.05, 0.1) is 25.2 Å². The summed E-state index contributed by atoms with van der Waals surface area (Å²) in [4.78, 5) is 39.8. The van der Waals surface area contributed by atoms with E-state index in [4.69, 9.17) is 9.47 Å². The van der Waals surface area contributed by atoms with Crippen molar-refractivity contribution in [3.8, 4) is 11.5 Å². The second kappa shape index (κ2) is 15.2. The molecule has 226 valence electrons. The average molecular weight is 679 g/mol. The standard InChI is InChI=1S/C33H29BrFN3O5S/c1-20(31(39)37-28-16-10-23(34)18-27(28)35)44-26-14-11-24(12-15-26)36-33(41)29(38-32(40)21-7-5-4-6-8-21)17-22-9-13-25(42-2)19-30(22)43-3/h4-20H,1-3H3,(H,36,41)(H,37,39)(H,38,40)/b29-17-. The number of anilines is 2. The molecular weight excluding hydrogens is 649 g/mol. The first-order valence-electron chi connectivity index (χ1n) is 13.3. The van der Waals surface area contributed by atoms with E-state index in [1.165, 1.54) is 44.2 Å². The molecule has 4 rings (SSSR count). The van der Waals surface area contributed by atoms with Crippen molar-refractivity contribution in [3.63, 3.8) is 0 Å². The predicted octanol–water partition coefficient (Wildman–Crippen LogP) is 7.13. The fraction of sp³-hybridized carbons (Fsp3) is 0.121. The molecule has 4 aromatic carbocycles. The number of rotatable bonds is 11. The molecule has 0 aromatic heterocycles. The zero-order chi connectivity index (χ0) is 31.6. The molecule has 0 aliphatic heterocycles. The normalized spacial score (nSPS) is 11.7. The van der Waals surface area contributed by atoms with Crippen LogP contribution in [0.3, 0.4) is 0 Å². The number of carbonyl (C=O) groups excluding carboxylic acids is 3. The molecule has 0 saturated heterocycles. The lowest BCUT2D eigenvalue weighted by molar-refractivity contribution is -0.115. The van der Waals surface area contributed by atoms with Crippen LogP contribution in [0.1, 0.15) is 22.8 Å². The Morgan fingerprint density at radius 2 is 1.61 bits per heavy atom. The molecule has 8 nitrogen and oxygen atoms in total. The van der Waals surface area contributed by atoms with E-state index in [0.29, 0.717) is 32.8 Å². The van der Waals surface area contributed by atoms with Crippen molar-refractivity contribution >= 4 is 62.9 Å². The Hall–Kier alpha value is -4.61. The zero-order valence-corrected chi connectivity index (χ0v) is 26.4. The molecule has 0 radical (unpaired) electrons. The van der Waals surface area contributed by atoms with Gasteiger partial charge < -0.3 is 25.4 Å². The Balaban J connectivity index is 1.48. The third-order valence-corrected chi connectivity index (χ3v) is 7.86. The van der Waals surface area contributed by atoms with Crippen molar-refractivity contribution in [2.75, 3.05) is 24.9 Å². The van der Waals surface area contributed by atoms with Crippen LogP contribution < -0.4 is 25.4 Å². The highest BCUT2D eigenvalue weighted by molar-refractivity contribution is 9.10. The van der Waals surface area contributed by atoms with E-state index < -0.39 is 22.9 Å². The summed E-state index contributed by atoms with van der Waals surface area (Å²) >= 11 is 4.48. The monoisotopic (exact) mass is 677 g/mol. The van der Waals surface area contributed by atoms with Crippen LogP contribution in [0.4, 0.5) is 15.8 Å². The van der Waals surface area contributed by atoms with Gasteiger partial charge in [-0.1, -0.05) is 34.1 Å². The third-order valence-electron chi connectivity index (χ3n) is 6.25. The van der Waals surface area contributed by atoms with Gasteiger partial charge in [0, 0.05) is 32.2 Å². The number of benzene rings is 4. The molecule has 11 heteroatoms. The molecular formula is C33H29BrFN3O5S. The lowest BCUT2D eigenvalue weighted by atomic mass is 10.1. The Labute approximate surface area is 267 Å². The maximum absolute atomic E-state index is 14.1. The van der Waals surface area contributed by atoms with Crippen molar-refractivity contribution in [1.29, 1.82) is 0 Å². The maximum Gasteiger partial charge on any atom is 0.272 e. The van der Waals surface area contributed by atoms with E-state index in [1.807, 2.05) is 0 Å². The van der Waals surface area contributed by atoms with Gasteiger partial charge in [-0.15, -0.1) is 11.8 Å². The van der Waals surface area contributed by atoms with E-state index in [9.17, 15) is 18.8 Å². The van der Waals surface area contributed by atoms with Crippen molar-refractivity contribution in [3.05, 3.63) is 118 Å². The summed E-state index contributed by atoms with van der Waals surface area (Å²) in [5.74, 6) is -0.886. The van der Waals surface area contributed by atoms with Gasteiger partial charge in [0.1, 0.15) is 23.0 Å². The van der Waals surface area contributed by atoms with Crippen LogP contribution in [0.5, 0.6) is 11.5 Å². The Morgan fingerprint density at radius 1 is 0.886 bits per heavy atom. The van der Waals surface area contributed by atoms with Gasteiger partial charge in [-0.05, 0) is 79.7 Å². The highest BCUT2D eigenvalue weighted by atomic mass is 79.9. The number of thioether (sulfide) groups is 1. The molecule has 3 amide bonds. The smallest absolute Gasteiger partial charge is 0.272 e. The summed E-state index contributed by atoms with van der Waals surface area (Å²) < 4.78 is 25.4. The molecule has 1 atom stereocenters. The highest BCUT2D eigenvalue weighted by Crippen LogP contribution is 2.28. The first-order valence-corrected chi connectivity index (χ1v) is 15.0. The summed E-state index contributed by atoms with van der Waals surface area (Å²) in [5, 5.41) is 7.58. The molecule has 0 aliphatic rings. The number of hydrogen-bond acceptors (Lipinski definition) is 6. The number of ether oxygens (including phenoxy) is 2. The van der Waals surface area contributed by atoms with Crippen molar-refractivity contribution in [1.82, 2.24) is 5.32 Å². The van der Waals surface area contributed by atoms with Gasteiger partial charge in [-0.25, -0.2) is 4.39 Å². The van der Waals surface area contributed by atoms with Crippen LogP contribution in [0.2, 0.25) is 0 Å². The van der Waals surface area contributed by atoms with Crippen molar-refractivity contribution in [2.24, 2.45) is 0 Å². The van der Waals surface area contributed by atoms with E-state index >= 15 is 0 Å². The van der Waals surface area contributed by atoms with Gasteiger partial charge in [0.2, 0.25) is 5.91 Å². The van der Waals surface area contributed by atoms with E-state index in [-0.39, 0.29) is 17.3 Å². The Bertz CT molecular complexity index is 1680. The number of nitrogens with one attached hydrogen (secondary N) is 3. The van der Waals surface area contributed by atoms with Gasteiger partial charge >= 0.3 is 0 Å². The summed E-state index contributed by atoms with van der Waals surface area (Å²) in [6.45, 7) is 1.71. The fourth-order valence-corrected chi connectivity index (χ4v) is 5.13. The summed E-state index contributed by atoms with van der Waals surface area (Å²) in [6.07, 6.45) is 1.52. The van der Waals surface area contributed by atoms with Crippen LogP contribution in [-0.4, -0.2) is 37.2 Å². The number of halogens is 2.